The Morgan fingerprint density at radius 1 is 1.14 bits per heavy atom. The lowest BCUT2D eigenvalue weighted by Gasteiger charge is -2.61. The zero-order valence-corrected chi connectivity index (χ0v) is 16.7. The molecular weight excluding hydrogens is 372 g/mol. The Kier molecular flexibility index (Phi) is 3.49. The molecule has 4 saturated carbocycles. The van der Waals surface area contributed by atoms with Gasteiger partial charge in [0.25, 0.3) is 5.56 Å². The molecule has 5 aliphatic rings. The number of thiazole rings is 1. The highest BCUT2D eigenvalue weighted by atomic mass is 32.1. The average molecular weight is 397 g/mol. The minimum absolute atomic E-state index is 0.00532. The van der Waals surface area contributed by atoms with E-state index >= 15 is 0 Å². The number of hydrogen-bond acceptors (Lipinski definition) is 6. The zero-order valence-electron chi connectivity index (χ0n) is 15.9. The summed E-state index contributed by atoms with van der Waals surface area (Å²) in [6.45, 7) is 0. The summed E-state index contributed by atoms with van der Waals surface area (Å²) in [6.07, 6.45) is 8.34. The van der Waals surface area contributed by atoms with Crippen LogP contribution in [0.3, 0.4) is 0 Å². The summed E-state index contributed by atoms with van der Waals surface area (Å²) in [5.41, 5.74) is 7.83. The topological polar surface area (TPSA) is 67.7 Å². The SMILES string of the molecule is COc1ccc(/C=c2/sc3n(c2=O)NC2(NN=3)C3CC4CC(C3)CC2C4)cc1. The third-order valence-corrected chi connectivity index (χ3v) is 8.25. The lowest BCUT2D eigenvalue weighted by atomic mass is 9.51. The molecular formula is C21H24N4O2S. The van der Waals surface area contributed by atoms with Crippen LogP contribution in [-0.2, 0) is 0 Å². The fourth-order valence-electron chi connectivity index (χ4n) is 6.14. The number of nitrogens with one attached hydrogen (secondary N) is 2. The monoisotopic (exact) mass is 396 g/mol. The molecule has 28 heavy (non-hydrogen) atoms. The van der Waals surface area contributed by atoms with E-state index in [1.807, 2.05) is 30.3 Å². The van der Waals surface area contributed by atoms with Crippen molar-refractivity contribution < 1.29 is 4.74 Å². The van der Waals surface area contributed by atoms with Crippen molar-refractivity contribution in [2.24, 2.45) is 28.8 Å². The molecule has 0 atom stereocenters. The summed E-state index contributed by atoms with van der Waals surface area (Å²) in [6, 6.07) is 7.74. The summed E-state index contributed by atoms with van der Waals surface area (Å²) in [5, 5.41) is 4.67. The average Bonchev–Trinajstić information content (AvgIpc) is 3.01. The second-order valence-corrected chi connectivity index (χ2v) is 9.82. The summed E-state index contributed by atoms with van der Waals surface area (Å²) < 4.78 is 7.60. The zero-order chi connectivity index (χ0) is 18.9. The lowest BCUT2D eigenvalue weighted by molar-refractivity contribution is -0.0692. The quantitative estimate of drug-likeness (QED) is 0.809. The third-order valence-electron chi connectivity index (χ3n) is 7.28. The van der Waals surface area contributed by atoms with Crippen LogP contribution in [0.5, 0.6) is 5.75 Å². The van der Waals surface area contributed by atoms with E-state index in [1.54, 1.807) is 11.8 Å². The highest BCUT2D eigenvalue weighted by Crippen LogP contribution is 2.57. The Hall–Kier alpha value is -2.28. The first kappa shape index (κ1) is 16.7. The van der Waals surface area contributed by atoms with Gasteiger partial charge in [-0.2, -0.15) is 4.68 Å². The van der Waals surface area contributed by atoms with Gasteiger partial charge in [-0.15, -0.1) is 5.10 Å². The standard InChI is InChI=1S/C21H24N4O2S/c1-27-17-4-2-12(3-5-17)11-18-19(26)25-20(28-18)22-23-21(24-25)15-7-13-6-14(9-15)10-16(21)8-13/h2-5,11,13-16,23-24H,6-10H2,1H3/b18-11+. The maximum atomic E-state index is 13.1. The molecule has 1 aliphatic heterocycles. The predicted molar refractivity (Wildman–Crippen MR) is 108 cm³/mol. The molecule has 0 radical (unpaired) electrons. The second kappa shape index (κ2) is 5.86. The minimum atomic E-state index is -0.247. The number of nitrogens with zero attached hydrogens (tertiary/aromatic N) is 2. The Morgan fingerprint density at radius 2 is 1.82 bits per heavy atom. The van der Waals surface area contributed by atoms with Gasteiger partial charge in [-0.1, -0.05) is 23.5 Å². The van der Waals surface area contributed by atoms with Crippen LogP contribution in [0.25, 0.3) is 6.08 Å². The summed E-state index contributed by atoms with van der Waals surface area (Å²) >= 11 is 1.42. The van der Waals surface area contributed by atoms with Crippen LogP contribution in [-0.4, -0.2) is 17.4 Å². The molecule has 4 aliphatic carbocycles. The first-order valence-electron chi connectivity index (χ1n) is 10.2. The van der Waals surface area contributed by atoms with Crippen molar-refractivity contribution in [1.82, 2.24) is 10.1 Å². The maximum absolute atomic E-state index is 13.1. The number of hydrogen-bond donors (Lipinski definition) is 2. The molecule has 0 unspecified atom stereocenters. The number of ether oxygens (including phenoxy) is 1. The van der Waals surface area contributed by atoms with Gasteiger partial charge in [0.1, 0.15) is 11.4 Å². The van der Waals surface area contributed by atoms with Crippen LogP contribution in [0, 0.1) is 23.7 Å². The predicted octanol–water partition coefficient (Wildman–Crippen LogP) is 1.58. The van der Waals surface area contributed by atoms with Crippen LogP contribution in [0.15, 0.2) is 34.2 Å². The van der Waals surface area contributed by atoms with Crippen LogP contribution in [0.4, 0.5) is 0 Å². The number of rotatable bonds is 2. The van der Waals surface area contributed by atoms with Gasteiger partial charge in [0.15, 0.2) is 0 Å². The van der Waals surface area contributed by atoms with E-state index < -0.39 is 0 Å². The molecule has 7 heteroatoms. The van der Waals surface area contributed by atoms with Crippen molar-refractivity contribution in [1.29, 1.82) is 0 Å². The van der Waals surface area contributed by atoms with Gasteiger partial charge >= 0.3 is 0 Å². The minimum Gasteiger partial charge on any atom is -0.497 e. The largest absolute Gasteiger partial charge is 0.497 e. The fraction of sp³-hybridized carbons (Fsp3) is 0.524. The van der Waals surface area contributed by atoms with E-state index in [0.717, 1.165) is 23.1 Å². The fourth-order valence-corrected chi connectivity index (χ4v) is 7.02. The molecule has 6 nitrogen and oxygen atoms in total. The molecule has 4 bridgehead atoms. The Labute approximate surface area is 166 Å². The first-order valence-corrected chi connectivity index (χ1v) is 11.0. The molecule has 1 aromatic heterocycles. The van der Waals surface area contributed by atoms with Crippen LogP contribution >= 0.6 is 11.3 Å². The Bertz CT molecular complexity index is 1070. The highest BCUT2D eigenvalue weighted by Gasteiger charge is 2.58. The van der Waals surface area contributed by atoms with Gasteiger partial charge in [-0.25, -0.2) is 0 Å². The summed E-state index contributed by atoms with van der Waals surface area (Å²) in [7, 11) is 1.65. The maximum Gasteiger partial charge on any atom is 0.289 e. The van der Waals surface area contributed by atoms with Gasteiger partial charge in [-0.05, 0) is 67.7 Å². The number of fused-ring (bicyclic) bond motifs is 1. The molecule has 2 aromatic rings. The first-order chi connectivity index (χ1) is 13.6. The van der Waals surface area contributed by atoms with Crippen molar-refractivity contribution in [2.45, 2.75) is 37.8 Å². The molecule has 1 aromatic carbocycles. The van der Waals surface area contributed by atoms with Crippen LogP contribution in [0.1, 0.15) is 37.7 Å². The van der Waals surface area contributed by atoms with E-state index in [1.165, 1.54) is 43.4 Å². The van der Waals surface area contributed by atoms with Gasteiger partial charge in [-0.3, -0.25) is 15.6 Å². The molecule has 146 valence electrons. The summed E-state index contributed by atoms with van der Waals surface area (Å²) in [5.74, 6) is 3.67. The molecule has 2 N–H and O–H groups in total. The number of methoxy groups -OCH3 is 1. The second-order valence-electron chi connectivity index (χ2n) is 8.82. The van der Waals surface area contributed by atoms with Crippen molar-refractivity contribution in [3.8, 4) is 5.75 Å². The number of benzene rings is 1. The van der Waals surface area contributed by atoms with E-state index in [2.05, 4.69) is 16.0 Å². The third kappa shape index (κ3) is 2.32. The Balaban J connectivity index is 1.38. The number of aromatic nitrogens is 1. The smallest absolute Gasteiger partial charge is 0.289 e. The van der Waals surface area contributed by atoms with E-state index in [-0.39, 0.29) is 11.2 Å². The highest BCUT2D eigenvalue weighted by molar-refractivity contribution is 7.07. The molecule has 1 spiro atoms. The van der Waals surface area contributed by atoms with Gasteiger partial charge in [0.05, 0.1) is 11.6 Å². The van der Waals surface area contributed by atoms with Crippen molar-refractivity contribution in [3.63, 3.8) is 0 Å². The molecule has 0 saturated heterocycles. The van der Waals surface area contributed by atoms with E-state index in [4.69, 9.17) is 4.74 Å². The Morgan fingerprint density at radius 3 is 2.46 bits per heavy atom. The molecule has 4 fully saturated rings. The van der Waals surface area contributed by atoms with Crippen LogP contribution < -0.4 is 30.5 Å². The normalized spacial score (nSPS) is 35.2. The van der Waals surface area contributed by atoms with Gasteiger partial charge < -0.3 is 4.74 Å². The van der Waals surface area contributed by atoms with E-state index in [9.17, 15) is 4.79 Å². The van der Waals surface area contributed by atoms with Gasteiger partial charge in [0, 0.05) is 11.8 Å². The lowest BCUT2D eigenvalue weighted by Crippen LogP contribution is -2.73. The van der Waals surface area contributed by atoms with Crippen LogP contribution in [0.2, 0.25) is 0 Å². The van der Waals surface area contributed by atoms with Crippen molar-refractivity contribution in [2.75, 3.05) is 12.5 Å². The van der Waals surface area contributed by atoms with Crippen molar-refractivity contribution >= 4 is 17.4 Å². The summed E-state index contributed by atoms with van der Waals surface area (Å²) in [4.78, 5) is 13.8. The molecule has 0 amide bonds. The van der Waals surface area contributed by atoms with E-state index in [0.29, 0.717) is 21.2 Å². The van der Waals surface area contributed by atoms with Crippen molar-refractivity contribution in [3.05, 3.63) is 49.5 Å². The molecule has 2 heterocycles. The van der Waals surface area contributed by atoms with Gasteiger partial charge in [0.2, 0.25) is 4.80 Å². The molecule has 7 rings (SSSR count).